The smallest absolute Gasteiger partial charge is 0.475 e. The van der Waals surface area contributed by atoms with Gasteiger partial charge < -0.3 is 20.3 Å². The van der Waals surface area contributed by atoms with Crippen molar-refractivity contribution in [3.05, 3.63) is 52.5 Å². The van der Waals surface area contributed by atoms with Crippen LogP contribution in [0, 0.1) is 11.3 Å². The number of thiophene rings is 1. The van der Waals surface area contributed by atoms with Gasteiger partial charge in [0.1, 0.15) is 0 Å². The van der Waals surface area contributed by atoms with Crippen molar-refractivity contribution in [2.24, 2.45) is 11.3 Å². The van der Waals surface area contributed by atoms with E-state index in [0.29, 0.717) is 18.0 Å². The Balaban J connectivity index is 0.000000301. The van der Waals surface area contributed by atoms with Crippen molar-refractivity contribution < 1.29 is 55.7 Å². The number of nitrogens with one attached hydrogen (secondary N) is 1. The number of fused-ring (bicyclic) bond motifs is 1. The lowest BCUT2D eigenvalue weighted by molar-refractivity contribution is -0.193. The highest BCUT2D eigenvalue weighted by Gasteiger charge is 2.50. The molecule has 0 saturated carbocycles. The van der Waals surface area contributed by atoms with Gasteiger partial charge in [-0.3, -0.25) is 14.7 Å². The summed E-state index contributed by atoms with van der Waals surface area (Å²) in [4.78, 5) is 36.6. The number of amides is 1. The summed E-state index contributed by atoms with van der Waals surface area (Å²) in [6.07, 6.45) is -6.89. The molecule has 0 aliphatic carbocycles. The summed E-state index contributed by atoms with van der Waals surface area (Å²) in [5.74, 6) is -5.08. The molecule has 2 aromatic rings. The molecule has 0 radical (unpaired) electrons. The van der Waals surface area contributed by atoms with Gasteiger partial charge in [-0.05, 0) is 34.5 Å². The van der Waals surface area contributed by atoms with Crippen molar-refractivity contribution >= 4 is 29.2 Å². The third kappa shape index (κ3) is 9.25. The predicted octanol–water partition coefficient (Wildman–Crippen LogP) is 3.29. The van der Waals surface area contributed by atoms with E-state index in [9.17, 15) is 31.1 Å². The molecule has 9 nitrogen and oxygen atoms in total. The van der Waals surface area contributed by atoms with Gasteiger partial charge in [-0.1, -0.05) is 0 Å². The number of likely N-dealkylation sites (tertiary alicyclic amines) is 1. The standard InChI is InChI=1S/C18H21N3O2S.2C2HF3O2/c22-17(15-2-1-4-19-6-15)20-11-18-12-21(7-14-3-5-24-10-14)8-16(18)9-23-13-18;2*3-2(4,5)1(6)7/h1-6,10,16H,7-9,11-13H2,(H,20,22);2*(H,6,7)/t16-,18+;;/m1../s1. The number of hydrogen-bond acceptors (Lipinski definition) is 7. The Morgan fingerprint density at radius 1 is 1.13 bits per heavy atom. The molecule has 210 valence electrons. The molecular weight excluding hydrogens is 548 g/mol. The minimum Gasteiger partial charge on any atom is -0.475 e. The van der Waals surface area contributed by atoms with E-state index in [1.54, 1.807) is 35.9 Å². The maximum absolute atomic E-state index is 12.3. The Morgan fingerprint density at radius 2 is 1.76 bits per heavy atom. The number of aromatic nitrogens is 1. The van der Waals surface area contributed by atoms with Gasteiger partial charge in [0.15, 0.2) is 0 Å². The van der Waals surface area contributed by atoms with E-state index in [0.717, 1.165) is 32.8 Å². The molecule has 2 aliphatic rings. The summed E-state index contributed by atoms with van der Waals surface area (Å²) in [5, 5.41) is 21.7. The number of hydrogen-bond donors (Lipinski definition) is 3. The zero-order valence-corrected chi connectivity index (χ0v) is 20.3. The third-order valence-corrected chi connectivity index (χ3v) is 6.32. The molecule has 2 aliphatic heterocycles. The first-order chi connectivity index (χ1) is 17.6. The summed E-state index contributed by atoms with van der Waals surface area (Å²) in [6.45, 7) is 5.18. The zero-order valence-electron chi connectivity index (χ0n) is 19.5. The van der Waals surface area contributed by atoms with Crippen LogP contribution in [0.1, 0.15) is 15.9 Å². The molecule has 2 saturated heterocycles. The van der Waals surface area contributed by atoms with Crippen LogP contribution in [0.25, 0.3) is 0 Å². The quantitative estimate of drug-likeness (QED) is 0.467. The lowest BCUT2D eigenvalue weighted by Gasteiger charge is -2.27. The van der Waals surface area contributed by atoms with Crippen LogP contribution in [-0.4, -0.2) is 83.1 Å². The van der Waals surface area contributed by atoms with E-state index in [1.807, 2.05) is 0 Å². The first-order valence-corrected chi connectivity index (χ1v) is 11.7. The van der Waals surface area contributed by atoms with Gasteiger partial charge in [-0.2, -0.15) is 37.7 Å². The molecule has 3 N–H and O–H groups in total. The minimum atomic E-state index is -5.08. The van der Waals surface area contributed by atoms with Crippen LogP contribution in [0.3, 0.4) is 0 Å². The highest BCUT2D eigenvalue weighted by atomic mass is 32.1. The number of carbonyl (C=O) groups is 3. The van der Waals surface area contributed by atoms with E-state index in [4.69, 9.17) is 24.5 Å². The fourth-order valence-electron chi connectivity index (χ4n) is 3.81. The number of pyridine rings is 1. The maximum atomic E-state index is 12.3. The Kier molecular flexibility index (Phi) is 10.6. The lowest BCUT2D eigenvalue weighted by Crippen LogP contribution is -2.43. The molecule has 0 spiro atoms. The van der Waals surface area contributed by atoms with Gasteiger partial charge in [0.2, 0.25) is 0 Å². The van der Waals surface area contributed by atoms with E-state index in [-0.39, 0.29) is 11.3 Å². The van der Waals surface area contributed by atoms with Crippen molar-refractivity contribution in [2.75, 3.05) is 32.8 Å². The van der Waals surface area contributed by atoms with Crippen LogP contribution in [0.2, 0.25) is 0 Å². The molecular formula is C22H23F6N3O6S. The normalized spacial score (nSPS) is 20.8. The number of carboxylic acid groups (broad SMARTS) is 2. The topological polar surface area (TPSA) is 129 Å². The lowest BCUT2D eigenvalue weighted by atomic mass is 9.81. The molecule has 2 fully saturated rings. The van der Waals surface area contributed by atoms with Gasteiger partial charge in [0.25, 0.3) is 5.91 Å². The number of aliphatic carboxylic acids is 2. The molecule has 38 heavy (non-hydrogen) atoms. The Bertz CT molecular complexity index is 1040. The molecule has 4 heterocycles. The first kappa shape index (κ1) is 31.0. The number of carbonyl (C=O) groups excluding carboxylic acids is 1. The van der Waals surface area contributed by atoms with E-state index >= 15 is 0 Å². The second-order valence-corrected chi connectivity index (χ2v) is 9.19. The summed E-state index contributed by atoms with van der Waals surface area (Å²) < 4.78 is 69.2. The Morgan fingerprint density at radius 3 is 2.26 bits per heavy atom. The second-order valence-electron chi connectivity index (χ2n) is 8.41. The van der Waals surface area contributed by atoms with Crippen LogP contribution in [0.5, 0.6) is 0 Å². The number of carboxylic acids is 2. The van der Waals surface area contributed by atoms with Crippen LogP contribution in [0.4, 0.5) is 26.3 Å². The third-order valence-electron chi connectivity index (χ3n) is 5.59. The van der Waals surface area contributed by atoms with Crippen molar-refractivity contribution in [2.45, 2.75) is 18.9 Å². The highest BCUT2D eigenvalue weighted by Crippen LogP contribution is 2.41. The molecule has 1 amide bonds. The highest BCUT2D eigenvalue weighted by molar-refractivity contribution is 7.07. The molecule has 0 bridgehead atoms. The van der Waals surface area contributed by atoms with Gasteiger partial charge in [0, 0.05) is 49.9 Å². The Labute approximate surface area is 216 Å². The fourth-order valence-corrected chi connectivity index (χ4v) is 4.47. The van der Waals surface area contributed by atoms with Crippen LogP contribution in [-0.2, 0) is 20.9 Å². The predicted molar refractivity (Wildman–Crippen MR) is 120 cm³/mol. The van der Waals surface area contributed by atoms with Gasteiger partial charge in [-0.25, -0.2) is 9.59 Å². The van der Waals surface area contributed by atoms with Crippen LogP contribution in [0.15, 0.2) is 41.4 Å². The summed E-state index contributed by atoms with van der Waals surface area (Å²) in [7, 11) is 0. The fraction of sp³-hybridized carbons (Fsp3) is 0.455. The van der Waals surface area contributed by atoms with Crippen molar-refractivity contribution in [3.63, 3.8) is 0 Å². The average Bonchev–Trinajstić information content (AvgIpc) is 3.54. The van der Waals surface area contributed by atoms with Crippen molar-refractivity contribution in [3.8, 4) is 0 Å². The minimum absolute atomic E-state index is 0.0356. The van der Waals surface area contributed by atoms with E-state index in [2.05, 4.69) is 32.0 Å². The molecule has 16 heteroatoms. The van der Waals surface area contributed by atoms with Crippen LogP contribution >= 0.6 is 11.3 Å². The maximum Gasteiger partial charge on any atom is 0.490 e. The summed E-state index contributed by atoms with van der Waals surface area (Å²) >= 11 is 1.74. The summed E-state index contributed by atoms with van der Waals surface area (Å²) in [5.41, 5.74) is 2.02. The molecule has 4 rings (SSSR count). The van der Waals surface area contributed by atoms with Crippen LogP contribution < -0.4 is 5.32 Å². The molecule has 2 aromatic heterocycles. The molecule has 0 aromatic carbocycles. The van der Waals surface area contributed by atoms with E-state index < -0.39 is 24.3 Å². The first-order valence-electron chi connectivity index (χ1n) is 10.7. The summed E-state index contributed by atoms with van der Waals surface area (Å²) in [6, 6.07) is 5.76. The van der Waals surface area contributed by atoms with Crippen molar-refractivity contribution in [1.29, 1.82) is 0 Å². The number of nitrogens with zero attached hydrogens (tertiary/aromatic N) is 2. The van der Waals surface area contributed by atoms with Crippen molar-refractivity contribution in [1.82, 2.24) is 15.2 Å². The number of halogens is 6. The zero-order chi connectivity index (χ0) is 28.6. The monoisotopic (exact) mass is 571 g/mol. The number of rotatable bonds is 5. The van der Waals surface area contributed by atoms with Gasteiger partial charge >= 0.3 is 24.3 Å². The second kappa shape index (κ2) is 13.0. The van der Waals surface area contributed by atoms with Gasteiger partial charge in [-0.15, -0.1) is 0 Å². The molecule has 2 atom stereocenters. The largest absolute Gasteiger partial charge is 0.490 e. The SMILES string of the molecule is O=C(NC[C@]12COC[C@H]1CN(Cc1ccsc1)C2)c1cccnc1.O=C(O)C(F)(F)F.O=C(O)C(F)(F)F. The van der Waals surface area contributed by atoms with Gasteiger partial charge in [0.05, 0.1) is 18.8 Å². The number of ether oxygens (including phenoxy) is 1. The van der Waals surface area contributed by atoms with E-state index in [1.165, 1.54) is 5.56 Å². The Hall–Kier alpha value is -3.24. The molecule has 0 unspecified atom stereocenters. The average molecular weight is 571 g/mol. The number of alkyl halides is 6.